The van der Waals surface area contributed by atoms with E-state index in [1.54, 1.807) is 34.1 Å². The number of rotatable bonds is 5. The summed E-state index contributed by atoms with van der Waals surface area (Å²) in [5.41, 5.74) is 0.477. The summed E-state index contributed by atoms with van der Waals surface area (Å²) in [6.07, 6.45) is 4.87. The van der Waals surface area contributed by atoms with Gasteiger partial charge >= 0.3 is 0 Å². The molecule has 0 radical (unpaired) electrons. The lowest BCUT2D eigenvalue weighted by Gasteiger charge is -2.31. The zero-order chi connectivity index (χ0) is 16.9. The van der Waals surface area contributed by atoms with Crippen molar-refractivity contribution in [3.05, 3.63) is 36.4 Å². The van der Waals surface area contributed by atoms with Crippen LogP contribution in [0.1, 0.15) is 23.3 Å². The summed E-state index contributed by atoms with van der Waals surface area (Å²) < 4.78 is 1.78. The topological polar surface area (TPSA) is 81.0 Å². The fourth-order valence-corrected chi connectivity index (χ4v) is 3.55. The monoisotopic (exact) mass is 345 g/mol. The van der Waals surface area contributed by atoms with Gasteiger partial charge in [-0.15, -0.1) is 10.2 Å². The molecule has 2 aromatic rings. The molecule has 3 heterocycles. The molecule has 3 rings (SSSR count). The first kappa shape index (κ1) is 16.6. The van der Waals surface area contributed by atoms with Crippen LogP contribution in [0.4, 0.5) is 0 Å². The third-order valence-corrected chi connectivity index (χ3v) is 5.08. The molecule has 1 aliphatic heterocycles. The second-order valence-electron chi connectivity index (χ2n) is 5.77. The summed E-state index contributed by atoms with van der Waals surface area (Å²) in [6.45, 7) is 1.16. The van der Waals surface area contributed by atoms with Crippen molar-refractivity contribution in [1.29, 1.82) is 0 Å². The summed E-state index contributed by atoms with van der Waals surface area (Å²) in [5.74, 6) is 0.185. The Morgan fingerprint density at radius 2 is 2.25 bits per heavy atom. The number of pyridine rings is 1. The van der Waals surface area contributed by atoms with Gasteiger partial charge < -0.3 is 9.47 Å². The Morgan fingerprint density at radius 3 is 2.96 bits per heavy atom. The molecule has 1 saturated heterocycles. The fraction of sp³-hybridized carbons (Fsp3) is 0.438. The van der Waals surface area contributed by atoms with E-state index in [9.17, 15) is 9.59 Å². The van der Waals surface area contributed by atoms with Crippen molar-refractivity contribution >= 4 is 23.5 Å². The number of hydrogen-bond donors (Lipinski definition) is 0. The van der Waals surface area contributed by atoms with Crippen LogP contribution in [0.15, 0.2) is 35.9 Å². The predicted octanol–water partition coefficient (Wildman–Crippen LogP) is 1.42. The number of piperidine rings is 1. The molecule has 0 aromatic carbocycles. The van der Waals surface area contributed by atoms with Crippen LogP contribution >= 0.6 is 11.8 Å². The highest BCUT2D eigenvalue weighted by molar-refractivity contribution is 7.99. The summed E-state index contributed by atoms with van der Waals surface area (Å²) in [7, 11) is 1.84. The molecule has 1 amide bonds. The van der Waals surface area contributed by atoms with Crippen molar-refractivity contribution in [3.8, 4) is 0 Å². The van der Waals surface area contributed by atoms with Crippen molar-refractivity contribution in [2.24, 2.45) is 13.0 Å². The molecule has 0 spiro atoms. The van der Waals surface area contributed by atoms with E-state index in [4.69, 9.17) is 0 Å². The molecule has 8 heteroatoms. The highest BCUT2D eigenvalue weighted by Gasteiger charge is 2.29. The lowest BCUT2D eigenvalue weighted by molar-refractivity contribution is -0.129. The minimum Gasteiger partial charge on any atom is -0.341 e. The van der Waals surface area contributed by atoms with Crippen molar-refractivity contribution < 1.29 is 9.59 Å². The van der Waals surface area contributed by atoms with Gasteiger partial charge in [0.2, 0.25) is 5.91 Å². The highest BCUT2D eigenvalue weighted by atomic mass is 32.2. The molecule has 1 aliphatic rings. The molecule has 1 fully saturated rings. The first-order valence-corrected chi connectivity index (χ1v) is 8.83. The number of Topliss-reactive ketones (excluding diaryl/α,β-unsaturated/α-hetero) is 1. The number of nitrogens with zero attached hydrogens (tertiary/aromatic N) is 5. The van der Waals surface area contributed by atoms with Gasteiger partial charge in [0.25, 0.3) is 0 Å². The maximum atomic E-state index is 12.5. The number of thioether (sulfide) groups is 1. The van der Waals surface area contributed by atoms with Crippen molar-refractivity contribution in [3.63, 3.8) is 0 Å². The molecular weight excluding hydrogens is 326 g/mol. The van der Waals surface area contributed by atoms with Gasteiger partial charge in [-0.2, -0.15) is 0 Å². The lowest BCUT2D eigenvalue weighted by atomic mass is 9.92. The van der Waals surface area contributed by atoms with Gasteiger partial charge in [-0.1, -0.05) is 17.8 Å². The van der Waals surface area contributed by atoms with Crippen LogP contribution in [0.2, 0.25) is 0 Å². The number of likely N-dealkylation sites (tertiary alicyclic amines) is 1. The van der Waals surface area contributed by atoms with Gasteiger partial charge in [0, 0.05) is 32.3 Å². The predicted molar refractivity (Wildman–Crippen MR) is 89.6 cm³/mol. The Labute approximate surface area is 144 Å². The van der Waals surface area contributed by atoms with Crippen LogP contribution in [0.25, 0.3) is 0 Å². The Kier molecular flexibility index (Phi) is 5.24. The maximum Gasteiger partial charge on any atom is 0.233 e. The largest absolute Gasteiger partial charge is 0.341 e. The van der Waals surface area contributed by atoms with Crippen molar-refractivity contribution in [2.75, 3.05) is 18.8 Å². The standard InChI is InChI=1S/C16H19N5O2S/c1-20-11-18-19-16(20)24-10-14(22)21-8-4-5-12(9-21)15(23)13-6-2-3-7-17-13/h2-3,6-7,11-12H,4-5,8-10H2,1H3. The van der Waals surface area contributed by atoms with E-state index in [-0.39, 0.29) is 17.6 Å². The Balaban J connectivity index is 1.58. The van der Waals surface area contributed by atoms with Crippen LogP contribution in [-0.2, 0) is 11.8 Å². The summed E-state index contributed by atoms with van der Waals surface area (Å²) in [4.78, 5) is 30.9. The highest BCUT2D eigenvalue weighted by Crippen LogP contribution is 2.22. The molecule has 0 bridgehead atoms. The van der Waals surface area contributed by atoms with Crippen LogP contribution in [0.5, 0.6) is 0 Å². The average molecular weight is 345 g/mol. The van der Waals surface area contributed by atoms with E-state index in [0.29, 0.717) is 29.7 Å². The number of aromatic nitrogens is 4. The lowest BCUT2D eigenvalue weighted by Crippen LogP contribution is -2.43. The number of amides is 1. The molecular formula is C16H19N5O2S. The number of carbonyl (C=O) groups excluding carboxylic acids is 2. The molecule has 24 heavy (non-hydrogen) atoms. The maximum absolute atomic E-state index is 12.5. The third-order valence-electron chi connectivity index (χ3n) is 4.06. The van der Waals surface area contributed by atoms with E-state index < -0.39 is 0 Å². The van der Waals surface area contributed by atoms with Gasteiger partial charge in [0.05, 0.1) is 5.75 Å². The minimum atomic E-state index is -0.169. The number of carbonyl (C=O) groups is 2. The molecule has 1 atom stereocenters. The smallest absolute Gasteiger partial charge is 0.233 e. The minimum absolute atomic E-state index is 0.0223. The van der Waals surface area contributed by atoms with Crippen LogP contribution in [0, 0.1) is 5.92 Å². The van der Waals surface area contributed by atoms with Gasteiger partial charge in [0.1, 0.15) is 12.0 Å². The van der Waals surface area contributed by atoms with Gasteiger partial charge in [-0.25, -0.2) is 0 Å². The first-order valence-electron chi connectivity index (χ1n) is 7.85. The Hall–Kier alpha value is -2.22. The zero-order valence-corrected chi connectivity index (χ0v) is 14.3. The fourth-order valence-electron chi connectivity index (χ4n) is 2.76. The van der Waals surface area contributed by atoms with Crippen LogP contribution in [0.3, 0.4) is 0 Å². The molecule has 7 nitrogen and oxygen atoms in total. The quantitative estimate of drug-likeness (QED) is 0.602. The van der Waals surface area contributed by atoms with E-state index in [1.807, 2.05) is 13.1 Å². The molecule has 0 aliphatic carbocycles. The van der Waals surface area contributed by atoms with Crippen LogP contribution in [-0.4, -0.2) is 55.2 Å². The number of ketones is 1. The summed E-state index contributed by atoms with van der Waals surface area (Å²) >= 11 is 1.36. The Morgan fingerprint density at radius 1 is 1.38 bits per heavy atom. The molecule has 0 saturated carbocycles. The summed E-state index contributed by atoms with van der Waals surface area (Å²) in [6, 6.07) is 5.33. The SMILES string of the molecule is Cn1cnnc1SCC(=O)N1CCCC(C(=O)c2ccccn2)C1. The third kappa shape index (κ3) is 3.81. The second kappa shape index (κ2) is 7.57. The van der Waals surface area contributed by atoms with E-state index in [0.717, 1.165) is 12.8 Å². The molecule has 126 valence electrons. The molecule has 1 unspecified atom stereocenters. The van der Waals surface area contributed by atoms with Gasteiger partial charge in [0.15, 0.2) is 10.9 Å². The number of aryl methyl sites for hydroxylation is 1. The van der Waals surface area contributed by atoms with Crippen molar-refractivity contribution in [1.82, 2.24) is 24.6 Å². The molecule has 2 aromatic heterocycles. The average Bonchev–Trinajstić information content (AvgIpc) is 3.05. The van der Waals surface area contributed by atoms with Crippen molar-refractivity contribution in [2.45, 2.75) is 18.0 Å². The molecule has 0 N–H and O–H groups in total. The van der Waals surface area contributed by atoms with Gasteiger partial charge in [-0.3, -0.25) is 14.6 Å². The normalized spacial score (nSPS) is 17.7. The Bertz CT molecular complexity index is 718. The van der Waals surface area contributed by atoms with E-state index in [2.05, 4.69) is 15.2 Å². The van der Waals surface area contributed by atoms with Gasteiger partial charge in [-0.05, 0) is 25.0 Å². The summed E-state index contributed by atoms with van der Waals surface area (Å²) in [5, 5.41) is 8.46. The zero-order valence-electron chi connectivity index (χ0n) is 13.5. The first-order chi connectivity index (χ1) is 11.6. The van der Waals surface area contributed by atoms with E-state index >= 15 is 0 Å². The van der Waals surface area contributed by atoms with E-state index in [1.165, 1.54) is 11.8 Å². The second-order valence-corrected chi connectivity index (χ2v) is 6.71. The van der Waals surface area contributed by atoms with Crippen LogP contribution < -0.4 is 0 Å². The number of hydrogen-bond acceptors (Lipinski definition) is 6.